The number of hydrogen-bond acceptors (Lipinski definition) is 3. The molecule has 0 radical (unpaired) electrons. The van der Waals surface area contributed by atoms with Crippen LogP contribution >= 0.6 is 11.6 Å². The molecule has 1 aromatic rings. The van der Waals surface area contributed by atoms with Crippen LogP contribution in [0.4, 0.5) is 5.69 Å². The second-order valence-electron chi connectivity index (χ2n) is 4.91. The van der Waals surface area contributed by atoms with Gasteiger partial charge in [0.2, 0.25) is 0 Å². The zero-order valence-electron chi connectivity index (χ0n) is 9.41. The number of nitrogens with zero attached hydrogens (tertiary/aromatic N) is 2. The molecule has 2 fully saturated rings. The lowest BCUT2D eigenvalue weighted by molar-refractivity contribution is 0.474. The van der Waals surface area contributed by atoms with Crippen LogP contribution in [-0.2, 0) is 0 Å². The Morgan fingerprint density at radius 3 is 3.12 bits per heavy atom. The van der Waals surface area contributed by atoms with Crippen molar-refractivity contribution in [2.75, 3.05) is 24.5 Å². The van der Waals surface area contributed by atoms with E-state index in [-0.39, 0.29) is 0 Å². The highest BCUT2D eigenvalue weighted by Crippen LogP contribution is 2.28. The van der Waals surface area contributed by atoms with Crippen LogP contribution in [0.2, 0.25) is 5.15 Å². The molecule has 0 spiro atoms. The average molecular weight is 238 g/mol. The van der Waals surface area contributed by atoms with E-state index < -0.39 is 0 Å². The topological polar surface area (TPSA) is 28.2 Å². The fourth-order valence-electron chi connectivity index (χ4n) is 2.76. The normalized spacial score (nSPS) is 28.5. The summed E-state index contributed by atoms with van der Waals surface area (Å²) < 4.78 is 0. The lowest BCUT2D eigenvalue weighted by atomic mass is 9.99. The fraction of sp³-hybridized carbons (Fsp3) is 0.583. The van der Waals surface area contributed by atoms with Crippen molar-refractivity contribution < 1.29 is 0 Å². The van der Waals surface area contributed by atoms with Gasteiger partial charge in [-0.1, -0.05) is 11.6 Å². The Bertz CT molecular complexity index is 395. The predicted octanol–water partition coefficient (Wildman–Crippen LogP) is 1.84. The van der Waals surface area contributed by atoms with Crippen LogP contribution in [0.25, 0.3) is 0 Å². The summed E-state index contributed by atoms with van der Waals surface area (Å²) >= 11 is 5.95. The lowest BCUT2D eigenvalue weighted by Crippen LogP contribution is -2.41. The second kappa shape index (κ2) is 3.90. The summed E-state index contributed by atoms with van der Waals surface area (Å²) in [5.41, 5.74) is 2.27. The van der Waals surface area contributed by atoms with Crippen LogP contribution in [0.15, 0.2) is 12.3 Å². The highest BCUT2D eigenvalue weighted by atomic mass is 35.5. The number of halogens is 1. The molecule has 0 aromatic carbocycles. The first kappa shape index (κ1) is 10.4. The van der Waals surface area contributed by atoms with Gasteiger partial charge in [-0.15, -0.1) is 0 Å². The molecule has 4 heteroatoms. The van der Waals surface area contributed by atoms with Gasteiger partial charge >= 0.3 is 0 Å². The molecule has 0 amide bonds. The van der Waals surface area contributed by atoms with Crippen molar-refractivity contribution in [2.24, 2.45) is 5.92 Å². The third-order valence-corrected chi connectivity index (χ3v) is 3.99. The summed E-state index contributed by atoms with van der Waals surface area (Å²) in [5, 5.41) is 4.17. The number of piperidine rings is 1. The van der Waals surface area contributed by atoms with Gasteiger partial charge in [0.15, 0.2) is 0 Å². The quantitative estimate of drug-likeness (QED) is 0.756. The van der Waals surface area contributed by atoms with Crippen LogP contribution in [0.3, 0.4) is 0 Å². The van der Waals surface area contributed by atoms with Crippen molar-refractivity contribution in [1.82, 2.24) is 10.3 Å². The Hall–Kier alpha value is -0.800. The van der Waals surface area contributed by atoms with Crippen molar-refractivity contribution >= 4 is 17.3 Å². The molecule has 2 atom stereocenters. The molecule has 1 aromatic heterocycles. The minimum absolute atomic E-state index is 0.613. The molecule has 2 aliphatic rings. The molecule has 0 aliphatic carbocycles. The van der Waals surface area contributed by atoms with Crippen LogP contribution in [0.1, 0.15) is 12.0 Å². The average Bonchev–Trinajstić information content (AvgIpc) is 2.62. The number of anilines is 1. The standard InChI is InChI=1S/C12H16ClN3/c1-8-2-11(5-15-12(8)13)16-6-9-3-10(7-16)14-4-9/h2,5,9-10,14H,3-4,6-7H2,1H3/t9-,10-/m0/s1. The van der Waals surface area contributed by atoms with E-state index in [1.54, 1.807) is 0 Å². The molecular formula is C12H16ClN3. The number of aryl methyl sites for hydroxylation is 1. The van der Waals surface area contributed by atoms with Crippen LogP contribution < -0.4 is 10.2 Å². The van der Waals surface area contributed by atoms with Gasteiger partial charge in [0.1, 0.15) is 5.15 Å². The highest BCUT2D eigenvalue weighted by molar-refractivity contribution is 6.30. The number of pyridine rings is 1. The molecule has 2 saturated heterocycles. The van der Waals surface area contributed by atoms with Crippen molar-refractivity contribution in [2.45, 2.75) is 19.4 Å². The Morgan fingerprint density at radius 2 is 2.38 bits per heavy atom. The van der Waals surface area contributed by atoms with E-state index in [1.807, 2.05) is 13.1 Å². The van der Waals surface area contributed by atoms with Gasteiger partial charge in [0.05, 0.1) is 11.9 Å². The van der Waals surface area contributed by atoms with E-state index in [0.29, 0.717) is 11.2 Å². The van der Waals surface area contributed by atoms with Gasteiger partial charge in [-0.2, -0.15) is 0 Å². The molecule has 2 bridgehead atoms. The monoisotopic (exact) mass is 237 g/mol. The molecule has 86 valence electrons. The van der Waals surface area contributed by atoms with Crippen molar-refractivity contribution in [3.8, 4) is 0 Å². The van der Waals surface area contributed by atoms with Crippen LogP contribution in [0.5, 0.6) is 0 Å². The van der Waals surface area contributed by atoms with E-state index in [9.17, 15) is 0 Å². The zero-order chi connectivity index (χ0) is 11.1. The molecule has 1 N–H and O–H groups in total. The molecule has 3 heterocycles. The highest BCUT2D eigenvalue weighted by Gasteiger charge is 2.32. The Kier molecular flexibility index (Phi) is 2.52. The SMILES string of the molecule is Cc1cc(N2C[C@@H]3CN[C@@H](C3)C2)cnc1Cl. The number of aromatic nitrogens is 1. The van der Waals surface area contributed by atoms with Crippen molar-refractivity contribution in [1.29, 1.82) is 0 Å². The Labute approximate surface area is 101 Å². The molecule has 0 unspecified atom stereocenters. The maximum absolute atomic E-state index is 5.95. The van der Waals surface area contributed by atoms with Gasteiger partial charge in [-0.25, -0.2) is 4.98 Å². The Balaban J connectivity index is 1.84. The van der Waals surface area contributed by atoms with E-state index in [1.165, 1.54) is 18.7 Å². The van der Waals surface area contributed by atoms with E-state index in [2.05, 4.69) is 21.3 Å². The zero-order valence-corrected chi connectivity index (χ0v) is 10.2. The maximum atomic E-state index is 5.95. The summed E-state index contributed by atoms with van der Waals surface area (Å²) in [7, 11) is 0. The smallest absolute Gasteiger partial charge is 0.132 e. The van der Waals surface area contributed by atoms with Gasteiger partial charge in [-0.3, -0.25) is 0 Å². The van der Waals surface area contributed by atoms with Crippen LogP contribution in [-0.4, -0.2) is 30.7 Å². The lowest BCUT2D eigenvalue weighted by Gasteiger charge is -2.32. The summed E-state index contributed by atoms with van der Waals surface area (Å²) in [6, 6.07) is 2.80. The fourth-order valence-corrected chi connectivity index (χ4v) is 2.86. The molecular weight excluding hydrogens is 222 g/mol. The summed E-state index contributed by atoms with van der Waals surface area (Å²) in [5.74, 6) is 0.801. The third-order valence-electron chi connectivity index (χ3n) is 3.60. The van der Waals surface area contributed by atoms with E-state index in [4.69, 9.17) is 11.6 Å². The first-order chi connectivity index (χ1) is 7.72. The molecule has 0 saturated carbocycles. The van der Waals surface area contributed by atoms with Gasteiger partial charge < -0.3 is 10.2 Å². The minimum atomic E-state index is 0.613. The molecule has 2 aliphatic heterocycles. The van der Waals surface area contributed by atoms with Crippen LogP contribution in [0, 0.1) is 12.8 Å². The molecule has 3 nitrogen and oxygen atoms in total. The Morgan fingerprint density at radius 1 is 1.50 bits per heavy atom. The molecule has 16 heavy (non-hydrogen) atoms. The van der Waals surface area contributed by atoms with Gasteiger partial charge in [0.25, 0.3) is 0 Å². The maximum Gasteiger partial charge on any atom is 0.132 e. The third kappa shape index (κ3) is 1.78. The molecule has 3 rings (SSSR count). The second-order valence-corrected chi connectivity index (χ2v) is 5.27. The summed E-state index contributed by atoms with van der Waals surface area (Å²) in [4.78, 5) is 6.65. The number of hydrogen-bond donors (Lipinski definition) is 1. The largest absolute Gasteiger partial charge is 0.368 e. The van der Waals surface area contributed by atoms with Crippen molar-refractivity contribution in [3.05, 3.63) is 23.0 Å². The summed E-state index contributed by atoms with van der Waals surface area (Å²) in [6.45, 7) is 5.42. The van der Waals surface area contributed by atoms with Gasteiger partial charge in [-0.05, 0) is 30.9 Å². The van der Waals surface area contributed by atoms with Gasteiger partial charge in [0, 0.05) is 25.7 Å². The first-order valence-corrected chi connectivity index (χ1v) is 6.20. The predicted molar refractivity (Wildman–Crippen MR) is 66.1 cm³/mol. The minimum Gasteiger partial charge on any atom is -0.368 e. The number of rotatable bonds is 1. The van der Waals surface area contributed by atoms with E-state index in [0.717, 1.165) is 24.6 Å². The number of nitrogens with one attached hydrogen (secondary N) is 1. The summed E-state index contributed by atoms with van der Waals surface area (Å²) in [6.07, 6.45) is 3.22. The van der Waals surface area contributed by atoms with E-state index >= 15 is 0 Å². The number of fused-ring (bicyclic) bond motifs is 2. The first-order valence-electron chi connectivity index (χ1n) is 5.83. The van der Waals surface area contributed by atoms with Crippen molar-refractivity contribution in [3.63, 3.8) is 0 Å².